The van der Waals surface area contributed by atoms with Crippen molar-refractivity contribution in [2.75, 3.05) is 45.7 Å². The number of likely N-dealkylation sites (N-methyl/N-ethyl adjacent to an activating group) is 1. The molecule has 1 saturated heterocycles. The zero-order valence-electron chi connectivity index (χ0n) is 19.7. The molecule has 3 aromatic rings. The van der Waals surface area contributed by atoms with Gasteiger partial charge >= 0.3 is 0 Å². The van der Waals surface area contributed by atoms with E-state index in [2.05, 4.69) is 64.4 Å². The van der Waals surface area contributed by atoms with Gasteiger partial charge in [0, 0.05) is 50.7 Å². The summed E-state index contributed by atoms with van der Waals surface area (Å²) in [5.41, 5.74) is 4.17. The van der Waals surface area contributed by atoms with Crippen LogP contribution in [0.25, 0.3) is 11.1 Å². The number of aromatic nitrogens is 2. The normalized spacial score (nSPS) is 15.7. The second kappa shape index (κ2) is 10.1. The number of nitrogens with zero attached hydrogens (tertiary/aromatic N) is 4. The van der Waals surface area contributed by atoms with Gasteiger partial charge in [0.2, 0.25) is 6.41 Å². The number of nitrogens with one attached hydrogen (secondary N) is 1. The summed E-state index contributed by atoms with van der Waals surface area (Å²) in [6.45, 7) is 3.28. The molecule has 0 atom stereocenters. The highest BCUT2D eigenvalue weighted by atomic mass is 16.5. The maximum Gasteiger partial charge on any atom is 0.210 e. The van der Waals surface area contributed by atoms with Crippen molar-refractivity contribution in [2.45, 2.75) is 24.9 Å². The van der Waals surface area contributed by atoms with Gasteiger partial charge in [-0.3, -0.25) is 9.89 Å². The molecule has 4 rings (SSSR count). The first kappa shape index (κ1) is 22.9. The number of piperidine rings is 1. The van der Waals surface area contributed by atoms with Crippen molar-refractivity contribution >= 4 is 12.1 Å². The minimum atomic E-state index is -0.241. The third kappa shape index (κ3) is 5.20. The highest BCUT2D eigenvalue weighted by Gasteiger charge is 2.40. The summed E-state index contributed by atoms with van der Waals surface area (Å²) in [6, 6.07) is 16.5. The molecule has 174 valence electrons. The topological polar surface area (TPSA) is 64.7 Å². The molecular formula is C26H33N5O2. The summed E-state index contributed by atoms with van der Waals surface area (Å²) in [5.74, 6) is 0.811. The summed E-state index contributed by atoms with van der Waals surface area (Å²) in [6.07, 6.45) is 6.62. The lowest BCUT2D eigenvalue weighted by molar-refractivity contribution is -0.126. The standard InChI is InChI=1S/C26H33N5O2/c1-29-13-11-26(12-14-29,31(20-32)18-21-5-4-6-25(15-21)33-3)19-30(2)24-9-7-22(8-10-24)23-16-27-28-17-23/h4-10,15-17,20H,11-14,18-19H2,1-3H3,(H,27,28). The van der Waals surface area contributed by atoms with E-state index in [0.717, 1.165) is 67.0 Å². The fourth-order valence-electron chi connectivity index (χ4n) is 4.71. The van der Waals surface area contributed by atoms with Crippen molar-refractivity contribution in [1.82, 2.24) is 20.0 Å². The SMILES string of the molecule is COc1cccc(CN(C=O)C2(CN(C)c3ccc(-c4cn[nH]c4)cc3)CCN(C)CC2)c1. The van der Waals surface area contributed by atoms with E-state index in [1.165, 1.54) is 0 Å². The van der Waals surface area contributed by atoms with E-state index in [9.17, 15) is 4.79 Å². The van der Waals surface area contributed by atoms with Crippen molar-refractivity contribution in [3.8, 4) is 16.9 Å². The molecule has 1 aromatic heterocycles. The minimum absolute atomic E-state index is 0.241. The fourth-order valence-corrected chi connectivity index (χ4v) is 4.71. The van der Waals surface area contributed by atoms with Gasteiger partial charge in [-0.1, -0.05) is 24.3 Å². The molecule has 1 amide bonds. The van der Waals surface area contributed by atoms with Crippen LogP contribution in [0.15, 0.2) is 60.9 Å². The molecule has 2 heterocycles. The second-order valence-corrected chi connectivity index (χ2v) is 9.00. The lowest BCUT2D eigenvalue weighted by atomic mass is 9.84. The molecule has 1 aliphatic heterocycles. The van der Waals surface area contributed by atoms with Gasteiger partial charge in [-0.25, -0.2) is 0 Å². The highest BCUT2D eigenvalue weighted by Crippen LogP contribution is 2.32. The average Bonchev–Trinajstić information content (AvgIpc) is 3.39. The molecule has 0 aliphatic carbocycles. The summed E-state index contributed by atoms with van der Waals surface area (Å²) >= 11 is 0. The van der Waals surface area contributed by atoms with E-state index < -0.39 is 0 Å². The molecule has 0 spiro atoms. The van der Waals surface area contributed by atoms with Gasteiger partial charge in [0.15, 0.2) is 0 Å². The number of hydrogen-bond donors (Lipinski definition) is 1. The Morgan fingerprint density at radius 2 is 1.91 bits per heavy atom. The Bertz CT molecular complexity index is 1030. The first-order valence-corrected chi connectivity index (χ1v) is 11.4. The van der Waals surface area contributed by atoms with Crippen molar-refractivity contribution in [3.63, 3.8) is 0 Å². The lowest BCUT2D eigenvalue weighted by Gasteiger charge is -2.49. The molecule has 1 fully saturated rings. The number of benzene rings is 2. The van der Waals surface area contributed by atoms with Crippen LogP contribution in [0.4, 0.5) is 5.69 Å². The number of H-pyrrole nitrogens is 1. The first-order valence-electron chi connectivity index (χ1n) is 11.4. The van der Waals surface area contributed by atoms with Crippen LogP contribution in [0.2, 0.25) is 0 Å². The van der Waals surface area contributed by atoms with Crippen molar-refractivity contribution in [3.05, 3.63) is 66.5 Å². The lowest BCUT2D eigenvalue weighted by Crippen LogP contribution is -2.59. The van der Waals surface area contributed by atoms with Gasteiger partial charge in [0.1, 0.15) is 5.75 Å². The molecule has 7 nitrogen and oxygen atoms in total. The van der Waals surface area contributed by atoms with Crippen LogP contribution in [-0.2, 0) is 11.3 Å². The van der Waals surface area contributed by atoms with Gasteiger partial charge in [-0.15, -0.1) is 0 Å². The van der Waals surface area contributed by atoms with E-state index >= 15 is 0 Å². The molecule has 1 N–H and O–H groups in total. The third-order valence-corrected chi connectivity index (χ3v) is 6.81. The maximum atomic E-state index is 12.4. The zero-order chi connectivity index (χ0) is 23.3. The zero-order valence-corrected chi connectivity index (χ0v) is 19.7. The van der Waals surface area contributed by atoms with E-state index in [-0.39, 0.29) is 5.54 Å². The summed E-state index contributed by atoms with van der Waals surface area (Å²) in [7, 11) is 5.93. The maximum absolute atomic E-state index is 12.4. The minimum Gasteiger partial charge on any atom is -0.497 e. The van der Waals surface area contributed by atoms with E-state index in [1.54, 1.807) is 7.11 Å². The smallest absolute Gasteiger partial charge is 0.210 e. The van der Waals surface area contributed by atoms with Crippen molar-refractivity contribution in [2.24, 2.45) is 0 Å². The number of aromatic amines is 1. The van der Waals surface area contributed by atoms with Gasteiger partial charge in [0.25, 0.3) is 0 Å². The Hall–Kier alpha value is -3.32. The molecule has 0 saturated carbocycles. The van der Waals surface area contributed by atoms with Crippen LogP contribution < -0.4 is 9.64 Å². The number of amides is 1. The Balaban J connectivity index is 1.55. The predicted molar refractivity (Wildman–Crippen MR) is 131 cm³/mol. The average molecular weight is 448 g/mol. The Labute approximate surface area is 196 Å². The number of methoxy groups -OCH3 is 1. The van der Waals surface area contributed by atoms with E-state index in [0.29, 0.717) is 6.54 Å². The molecular weight excluding hydrogens is 414 g/mol. The summed E-state index contributed by atoms with van der Waals surface area (Å²) in [5, 5.41) is 6.90. The Kier molecular flexibility index (Phi) is 6.99. The van der Waals surface area contributed by atoms with Gasteiger partial charge in [-0.2, -0.15) is 5.10 Å². The number of rotatable bonds is 9. The van der Waals surface area contributed by atoms with Gasteiger partial charge in [0.05, 0.1) is 18.8 Å². The second-order valence-electron chi connectivity index (χ2n) is 9.00. The summed E-state index contributed by atoms with van der Waals surface area (Å²) in [4.78, 5) is 19.0. The van der Waals surface area contributed by atoms with Crippen LogP contribution in [0.1, 0.15) is 18.4 Å². The predicted octanol–water partition coefficient (Wildman–Crippen LogP) is 3.64. The Morgan fingerprint density at radius 1 is 1.15 bits per heavy atom. The van der Waals surface area contributed by atoms with Crippen LogP contribution in [0.5, 0.6) is 5.75 Å². The number of carbonyl (C=O) groups excluding carboxylic acids is 1. The molecule has 0 radical (unpaired) electrons. The quantitative estimate of drug-likeness (QED) is 0.508. The Morgan fingerprint density at radius 3 is 2.55 bits per heavy atom. The highest BCUT2D eigenvalue weighted by molar-refractivity contribution is 5.65. The molecule has 0 bridgehead atoms. The number of likely N-dealkylation sites (tertiary alicyclic amines) is 1. The van der Waals surface area contributed by atoms with E-state index in [1.807, 2.05) is 35.5 Å². The van der Waals surface area contributed by atoms with Crippen LogP contribution in [0, 0.1) is 0 Å². The third-order valence-electron chi connectivity index (χ3n) is 6.81. The first-order chi connectivity index (χ1) is 16.0. The number of hydrogen-bond acceptors (Lipinski definition) is 5. The van der Waals surface area contributed by atoms with Crippen molar-refractivity contribution in [1.29, 1.82) is 0 Å². The van der Waals surface area contributed by atoms with E-state index in [4.69, 9.17) is 4.74 Å². The van der Waals surface area contributed by atoms with Crippen LogP contribution in [-0.4, -0.2) is 72.8 Å². The van der Waals surface area contributed by atoms with Crippen LogP contribution in [0.3, 0.4) is 0 Å². The summed E-state index contributed by atoms with van der Waals surface area (Å²) < 4.78 is 5.39. The fraction of sp³-hybridized carbons (Fsp3) is 0.385. The number of carbonyl (C=O) groups is 1. The molecule has 33 heavy (non-hydrogen) atoms. The van der Waals surface area contributed by atoms with Gasteiger partial charge in [-0.05, 0) is 55.3 Å². The molecule has 1 aliphatic rings. The van der Waals surface area contributed by atoms with Crippen LogP contribution >= 0.6 is 0 Å². The number of anilines is 1. The largest absolute Gasteiger partial charge is 0.497 e. The molecule has 0 unspecified atom stereocenters. The van der Waals surface area contributed by atoms with Crippen molar-refractivity contribution < 1.29 is 9.53 Å². The molecule has 7 heteroatoms. The monoisotopic (exact) mass is 447 g/mol. The van der Waals surface area contributed by atoms with Gasteiger partial charge < -0.3 is 19.4 Å². The molecule has 2 aromatic carbocycles. The number of ether oxygens (including phenoxy) is 1.